The molecule has 1 N–H and O–H groups in total. The van der Waals surface area contributed by atoms with Crippen LogP contribution in [0.4, 0.5) is 0 Å². The molecule has 23 heavy (non-hydrogen) atoms. The van der Waals surface area contributed by atoms with Crippen LogP contribution in [-0.2, 0) is 11.8 Å². The molecule has 0 radical (unpaired) electrons. The van der Waals surface area contributed by atoms with E-state index in [9.17, 15) is 9.59 Å². The molecule has 1 aromatic rings. The molecule has 1 atom stereocenters. The number of fused-ring (bicyclic) bond motifs is 1. The molecule has 2 aliphatic rings. The summed E-state index contributed by atoms with van der Waals surface area (Å²) in [5.74, 6) is 0.0213. The average Bonchev–Trinajstić information content (AvgIpc) is 2.89. The van der Waals surface area contributed by atoms with Crippen LogP contribution in [0.5, 0.6) is 0 Å². The summed E-state index contributed by atoms with van der Waals surface area (Å²) >= 11 is 0. The van der Waals surface area contributed by atoms with Crippen molar-refractivity contribution in [2.45, 2.75) is 39.0 Å². The zero-order valence-electron chi connectivity index (χ0n) is 14.1. The fourth-order valence-electron chi connectivity index (χ4n) is 3.70. The molecule has 3 rings (SSSR count). The van der Waals surface area contributed by atoms with Crippen molar-refractivity contribution < 1.29 is 9.59 Å². The number of rotatable bonds is 3. The second-order valence-electron chi connectivity index (χ2n) is 6.69. The Morgan fingerprint density at radius 1 is 1.39 bits per heavy atom. The Kier molecular flexibility index (Phi) is 4.00. The Morgan fingerprint density at radius 3 is 2.87 bits per heavy atom. The largest absolute Gasteiger partial charge is 0.350 e. The predicted octanol–water partition coefficient (Wildman–Crippen LogP) is 1.76. The molecule has 1 fully saturated rings. The summed E-state index contributed by atoms with van der Waals surface area (Å²) in [6, 6.07) is 1.79. The Balaban J connectivity index is 1.75. The summed E-state index contributed by atoms with van der Waals surface area (Å²) in [6.45, 7) is 2.48. The standard InChI is InChI=1S/C17H24N4O2/c1-12-10-13(19-21(12)3)16(23)18-11-17-8-5-4-6-14(17)20(2)15(22)7-9-17/h6,10H,4-5,7-9,11H2,1-3H3,(H,18,23). The molecule has 0 saturated carbocycles. The van der Waals surface area contributed by atoms with Crippen molar-refractivity contribution in [3.63, 3.8) is 0 Å². The number of carbonyl (C=O) groups is 2. The van der Waals surface area contributed by atoms with Gasteiger partial charge in [-0.25, -0.2) is 0 Å². The molecule has 0 aromatic carbocycles. The topological polar surface area (TPSA) is 67.2 Å². The molecule has 1 aliphatic carbocycles. The molecule has 1 aliphatic heterocycles. The highest BCUT2D eigenvalue weighted by Crippen LogP contribution is 2.45. The van der Waals surface area contributed by atoms with E-state index < -0.39 is 0 Å². The van der Waals surface area contributed by atoms with Crippen LogP contribution in [0.25, 0.3) is 0 Å². The van der Waals surface area contributed by atoms with Crippen LogP contribution in [-0.4, -0.2) is 40.1 Å². The summed E-state index contributed by atoms with van der Waals surface area (Å²) < 4.78 is 1.70. The minimum atomic E-state index is -0.146. The first-order chi connectivity index (χ1) is 10.9. The van der Waals surface area contributed by atoms with Gasteiger partial charge in [0.2, 0.25) is 5.91 Å². The van der Waals surface area contributed by atoms with Crippen molar-refractivity contribution >= 4 is 11.8 Å². The van der Waals surface area contributed by atoms with Crippen LogP contribution in [0.15, 0.2) is 17.8 Å². The van der Waals surface area contributed by atoms with E-state index >= 15 is 0 Å². The van der Waals surface area contributed by atoms with E-state index in [1.165, 1.54) is 0 Å². The van der Waals surface area contributed by atoms with Crippen LogP contribution in [0, 0.1) is 12.3 Å². The van der Waals surface area contributed by atoms with Gasteiger partial charge in [0.15, 0.2) is 0 Å². The van der Waals surface area contributed by atoms with Gasteiger partial charge in [0.05, 0.1) is 0 Å². The van der Waals surface area contributed by atoms with Gasteiger partial charge in [-0.2, -0.15) is 5.10 Å². The number of nitrogens with one attached hydrogen (secondary N) is 1. The maximum atomic E-state index is 12.4. The highest BCUT2D eigenvalue weighted by molar-refractivity contribution is 5.92. The number of aromatic nitrogens is 2. The molecule has 0 bridgehead atoms. The van der Waals surface area contributed by atoms with Crippen molar-refractivity contribution in [1.82, 2.24) is 20.0 Å². The van der Waals surface area contributed by atoms with E-state index in [2.05, 4.69) is 16.5 Å². The maximum Gasteiger partial charge on any atom is 0.271 e. The van der Waals surface area contributed by atoms with E-state index in [0.717, 1.165) is 37.1 Å². The van der Waals surface area contributed by atoms with Crippen molar-refractivity contribution in [3.8, 4) is 0 Å². The van der Waals surface area contributed by atoms with Gasteiger partial charge in [-0.3, -0.25) is 14.3 Å². The van der Waals surface area contributed by atoms with Crippen LogP contribution in [0.1, 0.15) is 48.3 Å². The molecule has 1 saturated heterocycles. The van der Waals surface area contributed by atoms with Crippen molar-refractivity contribution in [2.24, 2.45) is 12.5 Å². The number of carbonyl (C=O) groups excluding carboxylic acids is 2. The fraction of sp³-hybridized carbons (Fsp3) is 0.588. The van der Waals surface area contributed by atoms with Gasteiger partial charge in [0.25, 0.3) is 5.91 Å². The lowest BCUT2D eigenvalue weighted by Crippen LogP contribution is -2.49. The zero-order chi connectivity index (χ0) is 16.6. The Bertz CT molecular complexity index is 657. The molecular formula is C17H24N4O2. The van der Waals surface area contributed by atoms with Crippen LogP contribution in [0.3, 0.4) is 0 Å². The smallest absolute Gasteiger partial charge is 0.271 e. The molecule has 6 nitrogen and oxygen atoms in total. The first-order valence-corrected chi connectivity index (χ1v) is 8.19. The number of allylic oxidation sites excluding steroid dienone is 1. The first-order valence-electron chi connectivity index (χ1n) is 8.19. The zero-order valence-corrected chi connectivity index (χ0v) is 14.1. The number of nitrogens with zero attached hydrogens (tertiary/aromatic N) is 3. The summed E-state index contributed by atoms with van der Waals surface area (Å²) in [6.07, 6.45) is 6.64. The maximum absolute atomic E-state index is 12.4. The number of amides is 2. The molecule has 2 amide bonds. The fourth-order valence-corrected chi connectivity index (χ4v) is 3.70. The van der Waals surface area contributed by atoms with Gasteiger partial charge in [-0.05, 0) is 38.7 Å². The predicted molar refractivity (Wildman–Crippen MR) is 86.6 cm³/mol. The van der Waals surface area contributed by atoms with E-state index in [1.54, 1.807) is 15.6 Å². The van der Waals surface area contributed by atoms with Gasteiger partial charge in [0, 0.05) is 43.9 Å². The Labute approximate surface area is 136 Å². The minimum Gasteiger partial charge on any atom is -0.350 e. The number of hydrogen-bond acceptors (Lipinski definition) is 3. The van der Waals surface area contributed by atoms with E-state index in [1.807, 2.05) is 21.0 Å². The van der Waals surface area contributed by atoms with Crippen molar-refractivity contribution in [2.75, 3.05) is 13.6 Å². The highest BCUT2D eigenvalue weighted by Gasteiger charge is 2.43. The summed E-state index contributed by atoms with van der Waals surface area (Å²) in [7, 11) is 3.67. The summed E-state index contributed by atoms with van der Waals surface area (Å²) in [5, 5.41) is 7.27. The molecule has 0 spiro atoms. The quantitative estimate of drug-likeness (QED) is 0.924. The van der Waals surface area contributed by atoms with Gasteiger partial charge in [-0.1, -0.05) is 6.08 Å². The molecular weight excluding hydrogens is 292 g/mol. The molecule has 1 unspecified atom stereocenters. The molecule has 124 valence electrons. The van der Waals surface area contributed by atoms with Crippen LogP contribution in [0.2, 0.25) is 0 Å². The van der Waals surface area contributed by atoms with Crippen LogP contribution < -0.4 is 5.32 Å². The number of likely N-dealkylation sites (tertiary alicyclic amines) is 1. The lowest BCUT2D eigenvalue weighted by molar-refractivity contribution is -0.132. The van der Waals surface area contributed by atoms with Gasteiger partial charge in [0.1, 0.15) is 5.69 Å². The van der Waals surface area contributed by atoms with Gasteiger partial charge < -0.3 is 10.2 Å². The summed E-state index contributed by atoms with van der Waals surface area (Å²) in [5.41, 5.74) is 2.37. The van der Waals surface area contributed by atoms with Crippen LogP contribution >= 0.6 is 0 Å². The second-order valence-corrected chi connectivity index (χ2v) is 6.69. The monoisotopic (exact) mass is 316 g/mol. The van der Waals surface area contributed by atoms with E-state index in [0.29, 0.717) is 18.7 Å². The summed E-state index contributed by atoms with van der Waals surface area (Å²) in [4.78, 5) is 26.1. The van der Waals surface area contributed by atoms with E-state index in [4.69, 9.17) is 0 Å². The Morgan fingerprint density at radius 2 is 2.17 bits per heavy atom. The average molecular weight is 316 g/mol. The SMILES string of the molecule is Cc1cc(C(=O)NCC23CCCC=C2N(C)C(=O)CC3)nn1C. The minimum absolute atomic E-state index is 0.111. The molecule has 1 aromatic heterocycles. The number of piperidine rings is 1. The van der Waals surface area contributed by atoms with Crippen molar-refractivity contribution in [3.05, 3.63) is 29.2 Å². The third kappa shape index (κ3) is 2.78. The van der Waals surface area contributed by atoms with Crippen molar-refractivity contribution in [1.29, 1.82) is 0 Å². The molecule has 2 heterocycles. The normalized spacial score (nSPS) is 24.2. The molecule has 6 heteroatoms. The lowest BCUT2D eigenvalue weighted by Gasteiger charge is -2.46. The second kappa shape index (κ2) is 5.83. The number of hydrogen-bond donors (Lipinski definition) is 1. The van der Waals surface area contributed by atoms with Gasteiger partial charge >= 0.3 is 0 Å². The Hall–Kier alpha value is -2.11. The van der Waals surface area contributed by atoms with E-state index in [-0.39, 0.29) is 17.2 Å². The third-order valence-electron chi connectivity index (χ3n) is 5.23. The lowest BCUT2D eigenvalue weighted by atomic mass is 9.70. The third-order valence-corrected chi connectivity index (χ3v) is 5.23. The van der Waals surface area contributed by atoms with Gasteiger partial charge in [-0.15, -0.1) is 0 Å². The first kappa shape index (κ1) is 15.8. The number of aryl methyl sites for hydroxylation is 2. The highest BCUT2D eigenvalue weighted by atomic mass is 16.2.